The molecule has 0 aromatic carbocycles. The van der Waals surface area contributed by atoms with Gasteiger partial charge < -0.3 is 0 Å². The predicted molar refractivity (Wildman–Crippen MR) is 30.5 cm³/mol. The maximum atomic E-state index is 10.7. The summed E-state index contributed by atoms with van der Waals surface area (Å²) in [7, 11) is 0. The molecule has 49 valence electrons. The molecule has 0 aromatic heterocycles. The first-order valence-corrected chi connectivity index (χ1v) is 11.7. The summed E-state index contributed by atoms with van der Waals surface area (Å²) >= 11 is 1.44. The average Bonchev–Trinajstić information content (AvgIpc) is 1.87. The Bertz CT molecular complexity index is 101. The van der Waals surface area contributed by atoms with E-state index < -0.39 is 31.1 Å². The van der Waals surface area contributed by atoms with Crippen molar-refractivity contribution in [3.63, 3.8) is 0 Å². The molecule has 0 aliphatic heterocycles. The van der Waals surface area contributed by atoms with E-state index in [-0.39, 0.29) is 5.97 Å². The molecule has 0 bridgehead atoms. The van der Waals surface area contributed by atoms with E-state index in [1.54, 1.807) is 0 Å². The topological polar surface area (TPSA) is 52.3 Å². The van der Waals surface area contributed by atoms with Gasteiger partial charge in [-0.05, 0) is 0 Å². The van der Waals surface area contributed by atoms with Crippen LogP contribution in [0.15, 0.2) is 0 Å². The first kappa shape index (κ1) is 9.88. The fourth-order valence-corrected chi connectivity index (χ4v) is 2.54. The fourth-order valence-electron chi connectivity index (χ4n) is 0.317. The molecule has 0 amide bonds. The van der Waals surface area contributed by atoms with E-state index in [2.05, 4.69) is 16.0 Å². The predicted octanol–water partition coefficient (Wildman–Crippen LogP) is -0.511. The Kier molecular flexibility index (Phi) is 6.21. The zero-order valence-corrected chi connectivity index (χ0v) is 12.5. The molecule has 0 saturated carbocycles. The molecular formula is C4H8HgNO2Se. The van der Waals surface area contributed by atoms with E-state index in [9.17, 15) is 4.79 Å². The van der Waals surface area contributed by atoms with Crippen molar-refractivity contribution >= 4 is 22.0 Å². The van der Waals surface area contributed by atoms with Crippen LogP contribution in [0.2, 0.25) is 9.75 Å². The molecule has 0 fully saturated rings. The fraction of sp³-hybridized carbons (Fsp3) is 0.750. The summed E-state index contributed by atoms with van der Waals surface area (Å²) in [6.07, 6.45) is 0. The Balaban J connectivity index is 3.46. The molecule has 0 rings (SSSR count). The summed E-state index contributed by atoms with van der Waals surface area (Å²) in [5.74, 6) is -0.238. The minimum absolute atomic E-state index is 0.238. The summed E-state index contributed by atoms with van der Waals surface area (Å²) in [5.41, 5.74) is 5.33. The van der Waals surface area contributed by atoms with Gasteiger partial charge >= 0.3 is 76.0 Å². The molecule has 0 unspecified atom stereocenters. The van der Waals surface area contributed by atoms with E-state index in [0.717, 1.165) is 0 Å². The van der Waals surface area contributed by atoms with Gasteiger partial charge in [0.25, 0.3) is 0 Å². The standard InChI is InChI=1S/C3H6NO2Se.CH3.Hg/c4-2(1-7)3(5)6;;/h2H,1,4H2,(H,5,6);1H3;/q;;+1/p-1/t2-;;/m0../s1. The van der Waals surface area contributed by atoms with E-state index >= 15 is 0 Å². The van der Waals surface area contributed by atoms with E-state index in [1.165, 1.54) is 0 Å². The second-order valence-electron chi connectivity index (χ2n) is 1.53. The van der Waals surface area contributed by atoms with Gasteiger partial charge in [-0.15, -0.1) is 0 Å². The van der Waals surface area contributed by atoms with Crippen molar-refractivity contribution in [1.82, 2.24) is 0 Å². The molecule has 0 aromatic rings. The van der Waals surface area contributed by atoms with Crippen LogP contribution in [0.25, 0.3) is 0 Å². The molecule has 0 spiro atoms. The molecular weight excluding hydrogens is 374 g/mol. The molecule has 1 radical (unpaired) electrons. The first-order valence-electron chi connectivity index (χ1n) is 2.72. The van der Waals surface area contributed by atoms with Crippen molar-refractivity contribution in [2.75, 3.05) is 0 Å². The Morgan fingerprint density at radius 1 is 2.00 bits per heavy atom. The van der Waals surface area contributed by atoms with Crippen molar-refractivity contribution in [1.29, 1.82) is 0 Å². The van der Waals surface area contributed by atoms with Crippen molar-refractivity contribution in [2.24, 2.45) is 5.73 Å². The second-order valence-corrected chi connectivity index (χ2v) is 5.59. The van der Waals surface area contributed by atoms with E-state index in [4.69, 9.17) is 8.38 Å². The molecule has 0 heterocycles. The van der Waals surface area contributed by atoms with Crippen LogP contribution in [-0.4, -0.2) is 28.0 Å². The summed E-state index contributed by atoms with van der Waals surface area (Å²) in [4.78, 5) is 10.7. The van der Waals surface area contributed by atoms with E-state index in [0.29, 0.717) is 5.32 Å². The van der Waals surface area contributed by atoms with Gasteiger partial charge in [0, 0.05) is 0 Å². The number of carbonyl (C=O) groups is 1. The normalized spacial score (nSPS) is 11.9. The van der Waals surface area contributed by atoms with Crippen molar-refractivity contribution in [2.45, 2.75) is 15.8 Å². The minimum atomic E-state index is -1.24. The van der Waals surface area contributed by atoms with Gasteiger partial charge in [-0.25, -0.2) is 0 Å². The second kappa shape index (κ2) is 5.65. The van der Waals surface area contributed by atoms with Gasteiger partial charge in [-0.2, -0.15) is 0 Å². The monoisotopic (exact) mass is 384 g/mol. The summed E-state index contributed by atoms with van der Waals surface area (Å²) in [5, 5.41) is 0.548. The molecule has 5 heteroatoms. The maximum absolute atomic E-state index is 10.7. The van der Waals surface area contributed by atoms with Crippen LogP contribution < -0.4 is 5.73 Å². The Labute approximate surface area is 75.6 Å². The Hall–Kier alpha value is 0.885. The van der Waals surface area contributed by atoms with Gasteiger partial charge in [0.15, 0.2) is 0 Å². The Morgan fingerprint density at radius 3 is 2.89 bits per heavy atom. The zero-order valence-electron chi connectivity index (χ0n) is 5.29. The van der Waals surface area contributed by atoms with E-state index in [1.807, 2.05) is 4.43 Å². The molecule has 3 nitrogen and oxygen atoms in total. The number of carbonyl (C=O) groups excluding carboxylic acids is 1. The van der Waals surface area contributed by atoms with Crippen LogP contribution in [0.5, 0.6) is 0 Å². The molecule has 0 aliphatic carbocycles. The first-order chi connectivity index (χ1) is 4.22. The zero-order chi connectivity index (χ0) is 7.28. The van der Waals surface area contributed by atoms with Crippen LogP contribution in [-0.2, 0) is 32.5 Å². The number of hydrogen-bond donors (Lipinski definition) is 1. The van der Waals surface area contributed by atoms with Gasteiger partial charge in [-0.1, -0.05) is 0 Å². The third-order valence-electron chi connectivity index (χ3n) is 0.769. The Morgan fingerprint density at radius 2 is 2.56 bits per heavy atom. The van der Waals surface area contributed by atoms with Crippen molar-refractivity contribution in [3.8, 4) is 0 Å². The van der Waals surface area contributed by atoms with Gasteiger partial charge in [0.1, 0.15) is 0 Å². The third-order valence-corrected chi connectivity index (χ3v) is 3.75. The van der Waals surface area contributed by atoms with Crippen LogP contribution in [0.4, 0.5) is 0 Å². The quantitative estimate of drug-likeness (QED) is 0.670. The molecule has 2 N–H and O–H groups in total. The summed E-state index contributed by atoms with van der Waals surface area (Å²) in [6, 6.07) is -0.440. The summed E-state index contributed by atoms with van der Waals surface area (Å²) in [6.45, 7) is 0. The van der Waals surface area contributed by atoms with Gasteiger partial charge in [0.2, 0.25) is 0 Å². The van der Waals surface area contributed by atoms with Crippen LogP contribution in [0.1, 0.15) is 0 Å². The average molecular weight is 382 g/mol. The molecule has 0 saturated heterocycles. The summed E-state index contributed by atoms with van der Waals surface area (Å²) < 4.78 is 6.81. The molecule has 0 aliphatic rings. The number of nitrogens with two attached hydrogens (primary N) is 1. The van der Waals surface area contributed by atoms with Crippen LogP contribution >= 0.6 is 0 Å². The van der Waals surface area contributed by atoms with Crippen molar-refractivity contribution < 1.29 is 32.5 Å². The van der Waals surface area contributed by atoms with Gasteiger partial charge in [-0.3, -0.25) is 0 Å². The van der Waals surface area contributed by atoms with Crippen LogP contribution in [0, 0.1) is 0 Å². The molecule has 1 atom stereocenters. The van der Waals surface area contributed by atoms with Crippen molar-refractivity contribution in [3.05, 3.63) is 0 Å². The molecule has 9 heavy (non-hydrogen) atoms. The third kappa shape index (κ3) is 4.31. The number of hydrogen-bond acceptors (Lipinski definition) is 3. The van der Waals surface area contributed by atoms with Gasteiger partial charge in [0.05, 0.1) is 0 Å². The number of rotatable bonds is 3. The SMILES string of the molecule is [CH3][Hg][O]C(=O)[C@@H](N)C[Se]. The van der Waals surface area contributed by atoms with Crippen LogP contribution in [0.3, 0.4) is 0 Å².